The number of carbonyl (C=O) groups is 3. The predicted octanol–water partition coefficient (Wildman–Crippen LogP) is -12.0. The van der Waals surface area contributed by atoms with Gasteiger partial charge in [0.25, 0.3) is 0 Å². The summed E-state index contributed by atoms with van der Waals surface area (Å²) in [5.41, 5.74) is 0. The molecule has 4 aliphatic rings. The number of ether oxygens (including phenoxy) is 8. The van der Waals surface area contributed by atoms with Crippen LogP contribution in [0.5, 0.6) is 0 Å². The van der Waals surface area contributed by atoms with Gasteiger partial charge in [0.2, 0.25) is 17.7 Å². The summed E-state index contributed by atoms with van der Waals surface area (Å²) < 4.78 is 82.9. The van der Waals surface area contributed by atoms with Gasteiger partial charge in [-0.05, 0) is 0 Å². The normalized spacial score (nSPS) is 40.5. The zero-order chi connectivity index (χ0) is 51.8. The topological polar surface area (TPSA) is 508 Å². The maximum Gasteiger partial charge on any atom is 0.397 e. The highest BCUT2D eigenvalue weighted by Crippen LogP contribution is 2.35. The van der Waals surface area contributed by atoms with Crippen molar-refractivity contribution >= 4 is 28.1 Å². The first-order valence-electron chi connectivity index (χ1n) is 21.2. The lowest BCUT2D eigenvalue weighted by molar-refractivity contribution is -0.378. The molecule has 4 rings (SSSR count). The van der Waals surface area contributed by atoms with Crippen LogP contribution in [-0.2, 0) is 66.9 Å². The number of aliphatic hydroxyl groups is 14. The molecule has 4 fully saturated rings. The summed E-state index contributed by atoms with van der Waals surface area (Å²) in [4.78, 5) is 36.9. The average Bonchev–Trinajstić information content (AvgIpc) is 3.28. The summed E-state index contributed by atoms with van der Waals surface area (Å²) in [5.74, 6) is -2.53. The Hall–Kier alpha value is -2.60. The number of hydrogen-bond donors (Lipinski definition) is 18. The van der Waals surface area contributed by atoms with Crippen LogP contribution in [0.15, 0.2) is 0 Å². The molecule has 3 amide bonds. The summed E-state index contributed by atoms with van der Waals surface area (Å²) in [5, 5.41) is 155. The molecule has 0 bridgehead atoms. The summed E-state index contributed by atoms with van der Waals surface area (Å²) in [6.45, 7) is -3.37. The Labute approximate surface area is 392 Å². The van der Waals surface area contributed by atoms with Crippen LogP contribution in [0.3, 0.4) is 0 Å². The van der Waals surface area contributed by atoms with Crippen molar-refractivity contribution in [2.75, 3.05) is 39.6 Å². The fourth-order valence-corrected chi connectivity index (χ4v) is 8.28. The molecule has 4 saturated heterocycles. The number of hydrogen-bond acceptors (Lipinski definition) is 28. The molecule has 402 valence electrons. The molecule has 0 radical (unpaired) electrons. The fraction of sp³-hybridized carbons (Fsp3) is 0.917. The van der Waals surface area contributed by atoms with Crippen LogP contribution in [0.4, 0.5) is 0 Å². The van der Waals surface area contributed by atoms with Crippen molar-refractivity contribution in [2.45, 2.75) is 168 Å². The minimum absolute atomic E-state index is 0.759. The van der Waals surface area contributed by atoms with Crippen LogP contribution in [0.2, 0.25) is 0 Å². The van der Waals surface area contributed by atoms with E-state index in [1.165, 1.54) is 0 Å². The molecule has 33 heteroatoms. The van der Waals surface area contributed by atoms with Gasteiger partial charge < -0.3 is 125 Å². The maximum absolute atomic E-state index is 12.5. The number of carbonyl (C=O) groups excluding carboxylic acids is 3. The Balaban J connectivity index is 1.66. The first-order chi connectivity index (χ1) is 32.3. The van der Waals surface area contributed by atoms with Gasteiger partial charge in [0, 0.05) is 20.8 Å². The molecule has 0 aromatic heterocycles. The van der Waals surface area contributed by atoms with Crippen LogP contribution < -0.4 is 16.0 Å². The highest BCUT2D eigenvalue weighted by Gasteiger charge is 2.57. The Morgan fingerprint density at radius 2 is 1.01 bits per heavy atom. The Bertz CT molecular complexity index is 1760. The van der Waals surface area contributed by atoms with Crippen LogP contribution in [0, 0.1) is 0 Å². The van der Waals surface area contributed by atoms with E-state index in [0.29, 0.717) is 0 Å². The fourth-order valence-electron chi connectivity index (χ4n) is 7.98. The molecule has 0 unspecified atom stereocenters. The minimum Gasteiger partial charge on any atom is -0.394 e. The van der Waals surface area contributed by atoms with E-state index in [2.05, 4.69) is 20.1 Å². The molecule has 0 saturated carbocycles. The van der Waals surface area contributed by atoms with Crippen molar-refractivity contribution in [2.24, 2.45) is 0 Å². The molecule has 4 aliphatic heterocycles. The van der Waals surface area contributed by atoms with E-state index in [1.54, 1.807) is 0 Å². The summed E-state index contributed by atoms with van der Waals surface area (Å²) in [6, 6.07) is -5.20. The largest absolute Gasteiger partial charge is 0.397 e. The quantitative estimate of drug-likeness (QED) is 0.0448. The third-order valence-corrected chi connectivity index (χ3v) is 11.8. The second-order valence-electron chi connectivity index (χ2n) is 16.5. The van der Waals surface area contributed by atoms with Crippen molar-refractivity contribution in [3.63, 3.8) is 0 Å². The smallest absolute Gasteiger partial charge is 0.394 e. The molecule has 4 heterocycles. The lowest BCUT2D eigenvalue weighted by Crippen LogP contribution is -2.70. The molecule has 18 N–H and O–H groups in total. The zero-order valence-corrected chi connectivity index (χ0v) is 37.7. The minimum atomic E-state index is -5.30. The molecular formula is C36H63N3O29S. The number of nitrogens with one attached hydrogen (secondary N) is 3. The van der Waals surface area contributed by atoms with E-state index >= 15 is 0 Å². The molecule has 0 aliphatic carbocycles. The molecule has 69 heavy (non-hydrogen) atoms. The van der Waals surface area contributed by atoms with E-state index in [0.717, 1.165) is 20.8 Å². The van der Waals surface area contributed by atoms with Gasteiger partial charge in [0.05, 0.1) is 45.7 Å². The highest BCUT2D eigenvalue weighted by molar-refractivity contribution is 7.80. The predicted molar refractivity (Wildman–Crippen MR) is 214 cm³/mol. The number of aliphatic hydroxyl groups excluding tert-OH is 14. The van der Waals surface area contributed by atoms with E-state index < -0.39 is 215 Å². The van der Waals surface area contributed by atoms with Gasteiger partial charge in [-0.15, -0.1) is 0 Å². The van der Waals surface area contributed by atoms with E-state index in [1.807, 2.05) is 0 Å². The summed E-state index contributed by atoms with van der Waals surface area (Å²) in [7, 11) is -5.30. The molecule has 24 atom stereocenters. The van der Waals surface area contributed by atoms with Crippen molar-refractivity contribution in [1.29, 1.82) is 0 Å². The lowest BCUT2D eigenvalue weighted by atomic mass is 9.94. The Morgan fingerprint density at radius 1 is 0.551 bits per heavy atom. The summed E-state index contributed by atoms with van der Waals surface area (Å²) >= 11 is 0. The second kappa shape index (κ2) is 25.9. The van der Waals surface area contributed by atoms with Gasteiger partial charge in [-0.25, -0.2) is 4.18 Å². The van der Waals surface area contributed by atoms with E-state index in [9.17, 15) is 98.8 Å². The molecule has 0 spiro atoms. The molecular weight excluding hydrogens is 970 g/mol. The van der Waals surface area contributed by atoms with Gasteiger partial charge in [-0.1, -0.05) is 0 Å². The van der Waals surface area contributed by atoms with Gasteiger partial charge in [-0.3, -0.25) is 18.9 Å². The van der Waals surface area contributed by atoms with Gasteiger partial charge >= 0.3 is 10.4 Å². The van der Waals surface area contributed by atoms with Crippen LogP contribution in [0.25, 0.3) is 0 Å². The molecule has 0 aromatic carbocycles. The van der Waals surface area contributed by atoms with E-state index in [4.69, 9.17) is 37.9 Å². The Kier molecular flexibility index (Phi) is 22.1. The third kappa shape index (κ3) is 14.8. The lowest BCUT2D eigenvalue weighted by Gasteiger charge is -2.50. The first-order valence-corrected chi connectivity index (χ1v) is 22.5. The Morgan fingerprint density at radius 3 is 1.49 bits per heavy atom. The second-order valence-corrected chi connectivity index (χ2v) is 17.5. The molecule has 0 aromatic rings. The third-order valence-electron chi connectivity index (χ3n) is 11.4. The highest BCUT2D eigenvalue weighted by atomic mass is 32.3. The van der Waals surface area contributed by atoms with Crippen molar-refractivity contribution in [3.05, 3.63) is 0 Å². The van der Waals surface area contributed by atoms with E-state index in [-0.39, 0.29) is 0 Å². The number of rotatable bonds is 22. The zero-order valence-electron chi connectivity index (χ0n) is 36.9. The van der Waals surface area contributed by atoms with Gasteiger partial charge in [-0.2, -0.15) is 8.42 Å². The average molecular weight is 1030 g/mol. The van der Waals surface area contributed by atoms with Crippen LogP contribution in [0.1, 0.15) is 20.8 Å². The van der Waals surface area contributed by atoms with Gasteiger partial charge in [0.15, 0.2) is 25.2 Å². The van der Waals surface area contributed by atoms with Crippen LogP contribution >= 0.6 is 0 Å². The van der Waals surface area contributed by atoms with Crippen LogP contribution in [-0.4, -0.2) is 289 Å². The van der Waals surface area contributed by atoms with Gasteiger partial charge in [0.1, 0.15) is 116 Å². The maximum atomic E-state index is 12.5. The SMILES string of the molecule is CC(=O)N[C@H]1[C@H](O[C@H]2[C@@H](O)[C@@H](CO)O[C@@H](O[C@H]3[C@H](O)[C@@H](NC(C)=O)[C@H](O[C@@H]([C@@H](O)[C@H](O)CO)[C@H](CO)NC(C)=O)O[C@@H]3CO)[C@@H]2O)O[C@H](COS(=O)(=O)O)[C@@H](O[C@@H]2O[C@H](CO)[C@H](O)[C@H](O)[C@H]2O)[C@@H]1O. The summed E-state index contributed by atoms with van der Waals surface area (Å²) in [6.07, 6.45) is -41.9. The monoisotopic (exact) mass is 1030 g/mol. The van der Waals surface area contributed by atoms with Crippen molar-refractivity contribution < 1.29 is 141 Å². The standard InChI is InChI=1S/C36H63N3O29S/c1-10(45)37-13(4-40)29(21(49)14(48)5-41)65-33-19(38-11(2)46)24(52)30(17(8-44)63-33)66-36-28(56)32(23(51)16(7-43)62-36)68-34-20(39-12(3)47)25(53)31(18(64-34)9-60-69(57,58)59)67-35-27(55)26(54)22(50)15(6-42)61-35/h13-36,40-44,48-56H,4-9H2,1-3H3,(H,37,45)(H,38,46)(H,39,47)(H,57,58,59)/t13-,14+,15+,16+,17+,18+,19+,20+,21-,22-,23-,24+,25+,26-,27+,28+,29+,30+,31+,32-,33-,34-,35-,36-/m0/s1. The number of amides is 3. The van der Waals surface area contributed by atoms with Crippen molar-refractivity contribution in [1.82, 2.24) is 16.0 Å². The van der Waals surface area contributed by atoms with Crippen molar-refractivity contribution in [3.8, 4) is 0 Å². The first kappa shape index (κ1) is 59.0. The molecule has 32 nitrogen and oxygen atoms in total.